The summed E-state index contributed by atoms with van der Waals surface area (Å²) < 4.78 is 1.77. The second-order valence-corrected chi connectivity index (χ2v) is 8.03. The number of anilines is 1. The largest absolute Gasteiger partial charge is 0.319 e. The second kappa shape index (κ2) is 8.19. The van der Waals surface area contributed by atoms with E-state index in [4.69, 9.17) is 0 Å². The van der Waals surface area contributed by atoms with E-state index in [1.165, 1.54) is 0 Å². The lowest BCUT2D eigenvalue weighted by molar-refractivity contribution is 0.101. The number of rotatable bonds is 4. The van der Waals surface area contributed by atoms with Crippen molar-refractivity contribution in [2.45, 2.75) is 34.6 Å². The van der Waals surface area contributed by atoms with Crippen molar-refractivity contribution >= 4 is 11.6 Å². The van der Waals surface area contributed by atoms with E-state index in [0.717, 1.165) is 44.8 Å². The smallest absolute Gasteiger partial charge is 0.295 e. The number of nitrogens with one attached hydrogen (secondary N) is 1. The van der Waals surface area contributed by atoms with Gasteiger partial charge in [-0.1, -0.05) is 48.0 Å². The van der Waals surface area contributed by atoms with Gasteiger partial charge in [-0.2, -0.15) is 0 Å². The molecule has 0 radical (unpaired) electrons. The summed E-state index contributed by atoms with van der Waals surface area (Å²) in [6.07, 6.45) is 0. The number of aromatic nitrogens is 3. The van der Waals surface area contributed by atoms with Gasteiger partial charge in [-0.3, -0.25) is 4.79 Å². The Labute approximate surface area is 182 Å². The molecular formula is C26H26N4O. The van der Waals surface area contributed by atoms with Gasteiger partial charge in [0, 0.05) is 11.3 Å². The van der Waals surface area contributed by atoms with Crippen molar-refractivity contribution < 1.29 is 4.79 Å². The first-order valence-corrected chi connectivity index (χ1v) is 10.3. The van der Waals surface area contributed by atoms with Gasteiger partial charge in [-0.05, 0) is 75.1 Å². The lowest BCUT2D eigenvalue weighted by atomic mass is 10.1. The molecule has 0 aliphatic heterocycles. The van der Waals surface area contributed by atoms with Crippen molar-refractivity contribution in [3.05, 3.63) is 94.3 Å². The molecule has 1 N–H and O–H groups in total. The quantitative estimate of drug-likeness (QED) is 0.467. The van der Waals surface area contributed by atoms with Gasteiger partial charge in [0.2, 0.25) is 5.82 Å². The number of carbonyl (C=O) groups excluding carboxylic acids is 1. The fraction of sp³-hybridized carbons (Fsp3) is 0.192. The van der Waals surface area contributed by atoms with Crippen LogP contribution >= 0.6 is 0 Å². The number of hydrogen-bond donors (Lipinski definition) is 1. The van der Waals surface area contributed by atoms with Crippen molar-refractivity contribution in [3.8, 4) is 17.1 Å². The first kappa shape index (κ1) is 20.5. The van der Waals surface area contributed by atoms with Gasteiger partial charge in [-0.15, -0.1) is 5.10 Å². The highest BCUT2D eigenvalue weighted by atomic mass is 16.2. The minimum Gasteiger partial charge on any atom is -0.319 e. The molecule has 3 aromatic carbocycles. The molecule has 1 amide bonds. The Hall–Kier alpha value is -3.73. The van der Waals surface area contributed by atoms with E-state index in [1.807, 2.05) is 69.3 Å². The summed E-state index contributed by atoms with van der Waals surface area (Å²) in [5, 5.41) is 7.60. The Morgan fingerprint density at radius 1 is 0.839 bits per heavy atom. The van der Waals surface area contributed by atoms with E-state index < -0.39 is 0 Å². The number of amides is 1. The highest BCUT2D eigenvalue weighted by Gasteiger charge is 2.20. The van der Waals surface area contributed by atoms with Gasteiger partial charge in [0.25, 0.3) is 5.91 Å². The van der Waals surface area contributed by atoms with Gasteiger partial charge < -0.3 is 5.32 Å². The van der Waals surface area contributed by atoms with Crippen LogP contribution in [-0.4, -0.2) is 20.7 Å². The van der Waals surface area contributed by atoms with Gasteiger partial charge in [0.05, 0.1) is 5.69 Å². The average molecular weight is 411 g/mol. The van der Waals surface area contributed by atoms with Gasteiger partial charge >= 0.3 is 0 Å². The molecule has 0 saturated carbocycles. The Bertz CT molecular complexity index is 1290. The molecule has 1 heterocycles. The number of benzene rings is 3. The third-order valence-electron chi connectivity index (χ3n) is 5.53. The number of aryl methyl sites for hydroxylation is 4. The van der Waals surface area contributed by atoms with Crippen LogP contribution in [0.15, 0.2) is 60.7 Å². The molecule has 4 aromatic rings. The van der Waals surface area contributed by atoms with E-state index in [-0.39, 0.29) is 11.7 Å². The van der Waals surface area contributed by atoms with Crippen molar-refractivity contribution in [3.63, 3.8) is 0 Å². The predicted octanol–water partition coefficient (Wildman–Crippen LogP) is 5.73. The van der Waals surface area contributed by atoms with Gasteiger partial charge in [-0.25, -0.2) is 9.67 Å². The molecule has 0 saturated heterocycles. The van der Waals surface area contributed by atoms with Crippen LogP contribution in [0.4, 0.5) is 5.69 Å². The molecule has 0 atom stereocenters. The van der Waals surface area contributed by atoms with Crippen LogP contribution in [0.1, 0.15) is 38.4 Å². The summed E-state index contributed by atoms with van der Waals surface area (Å²) in [4.78, 5) is 17.7. The highest BCUT2D eigenvalue weighted by molar-refractivity contribution is 6.02. The summed E-state index contributed by atoms with van der Waals surface area (Å²) in [6.45, 7) is 10.1. The molecule has 0 unspecified atom stereocenters. The molecule has 31 heavy (non-hydrogen) atoms. The Balaban J connectivity index is 1.82. The van der Waals surface area contributed by atoms with Crippen molar-refractivity contribution in [2.75, 3.05) is 5.32 Å². The predicted molar refractivity (Wildman–Crippen MR) is 125 cm³/mol. The van der Waals surface area contributed by atoms with Gasteiger partial charge in [0.1, 0.15) is 0 Å². The highest BCUT2D eigenvalue weighted by Crippen LogP contribution is 2.26. The summed E-state index contributed by atoms with van der Waals surface area (Å²) >= 11 is 0. The van der Waals surface area contributed by atoms with E-state index >= 15 is 0 Å². The summed E-state index contributed by atoms with van der Waals surface area (Å²) in [5.41, 5.74) is 8.04. The van der Waals surface area contributed by atoms with Crippen LogP contribution in [0.3, 0.4) is 0 Å². The standard InChI is InChI=1S/C26H26N4O/c1-16-8-6-10-21(14-16)25-28-24(26(31)27-22-15-17(2)12-13-19(22)4)29-30(25)23-11-7-9-18(3)20(23)5/h6-15H,1-5H3,(H,27,31). The normalized spacial score (nSPS) is 10.9. The third-order valence-corrected chi connectivity index (χ3v) is 5.53. The molecule has 4 rings (SSSR count). The van der Waals surface area contributed by atoms with Crippen LogP contribution in [0, 0.1) is 34.6 Å². The summed E-state index contributed by atoms with van der Waals surface area (Å²) in [6, 6.07) is 20.1. The number of hydrogen-bond acceptors (Lipinski definition) is 3. The Kier molecular flexibility index (Phi) is 5.42. The molecule has 0 fully saturated rings. The maximum atomic E-state index is 13.1. The van der Waals surface area contributed by atoms with Crippen molar-refractivity contribution in [1.82, 2.24) is 14.8 Å². The number of carbonyl (C=O) groups is 1. The monoisotopic (exact) mass is 410 g/mol. The fourth-order valence-electron chi connectivity index (χ4n) is 3.56. The zero-order valence-corrected chi connectivity index (χ0v) is 18.5. The van der Waals surface area contributed by atoms with E-state index in [2.05, 4.69) is 41.4 Å². The molecule has 0 aliphatic carbocycles. The molecule has 0 spiro atoms. The first-order valence-electron chi connectivity index (χ1n) is 10.3. The van der Waals surface area contributed by atoms with Crippen LogP contribution < -0.4 is 5.32 Å². The average Bonchev–Trinajstić information content (AvgIpc) is 3.18. The zero-order chi connectivity index (χ0) is 22.1. The molecule has 5 nitrogen and oxygen atoms in total. The Morgan fingerprint density at radius 3 is 2.35 bits per heavy atom. The molecule has 5 heteroatoms. The van der Waals surface area contributed by atoms with Crippen LogP contribution in [0.2, 0.25) is 0 Å². The lowest BCUT2D eigenvalue weighted by Crippen LogP contribution is -2.15. The summed E-state index contributed by atoms with van der Waals surface area (Å²) in [7, 11) is 0. The SMILES string of the molecule is Cc1cccc(-c2nc(C(=O)Nc3cc(C)ccc3C)nn2-c2cccc(C)c2C)c1. The van der Waals surface area contributed by atoms with E-state index in [1.54, 1.807) is 4.68 Å². The summed E-state index contributed by atoms with van der Waals surface area (Å²) in [5.74, 6) is 0.452. The number of nitrogens with zero attached hydrogens (tertiary/aromatic N) is 3. The molecule has 156 valence electrons. The maximum Gasteiger partial charge on any atom is 0.295 e. The second-order valence-electron chi connectivity index (χ2n) is 8.03. The Morgan fingerprint density at radius 2 is 1.58 bits per heavy atom. The van der Waals surface area contributed by atoms with E-state index in [0.29, 0.717) is 5.82 Å². The maximum absolute atomic E-state index is 13.1. The molecule has 1 aromatic heterocycles. The van der Waals surface area contributed by atoms with E-state index in [9.17, 15) is 4.79 Å². The first-order chi connectivity index (χ1) is 14.8. The minimum atomic E-state index is -0.327. The van der Waals surface area contributed by atoms with Crippen LogP contribution in [-0.2, 0) is 0 Å². The fourth-order valence-corrected chi connectivity index (χ4v) is 3.56. The van der Waals surface area contributed by atoms with Crippen molar-refractivity contribution in [2.24, 2.45) is 0 Å². The van der Waals surface area contributed by atoms with Crippen LogP contribution in [0.5, 0.6) is 0 Å². The third kappa shape index (κ3) is 4.12. The van der Waals surface area contributed by atoms with Gasteiger partial charge in [0.15, 0.2) is 5.82 Å². The minimum absolute atomic E-state index is 0.137. The molecule has 0 aliphatic rings. The topological polar surface area (TPSA) is 59.8 Å². The molecular weight excluding hydrogens is 384 g/mol. The molecule has 0 bridgehead atoms. The van der Waals surface area contributed by atoms with Crippen molar-refractivity contribution in [1.29, 1.82) is 0 Å². The zero-order valence-electron chi connectivity index (χ0n) is 18.5. The lowest BCUT2D eigenvalue weighted by Gasteiger charge is -2.11. The van der Waals surface area contributed by atoms with Crippen LogP contribution in [0.25, 0.3) is 17.1 Å².